The van der Waals surface area contributed by atoms with Crippen LogP contribution in [-0.4, -0.2) is 45.0 Å². The second kappa shape index (κ2) is 5.49. The minimum absolute atomic E-state index is 0.278. The Morgan fingerprint density at radius 2 is 1.91 bits per heavy atom. The summed E-state index contributed by atoms with van der Waals surface area (Å²) in [4.78, 5) is 14.6. The quantitative estimate of drug-likeness (QED) is 0.893. The van der Waals surface area contributed by atoms with Crippen LogP contribution in [0.5, 0.6) is 5.75 Å². The van der Waals surface area contributed by atoms with Gasteiger partial charge in [0.25, 0.3) is 5.91 Å². The number of benzene rings is 1. The third-order valence-corrected chi connectivity index (χ3v) is 6.93. The summed E-state index contributed by atoms with van der Waals surface area (Å²) in [6.45, 7) is 2.13. The minimum Gasteiger partial charge on any atom is -0.493 e. The summed E-state index contributed by atoms with van der Waals surface area (Å²) in [5, 5.41) is -0.731. The van der Waals surface area contributed by atoms with E-state index in [2.05, 4.69) is 9.62 Å². The van der Waals surface area contributed by atoms with E-state index >= 15 is 0 Å². The highest BCUT2D eigenvalue weighted by molar-refractivity contribution is 7.90. The normalized spacial score (nSPS) is 32.2. The smallest absolute Gasteiger partial charge is 0.251 e. The summed E-state index contributed by atoms with van der Waals surface area (Å²) < 4.78 is 33.3. The average molecular weight is 336 g/mol. The Labute approximate surface area is 135 Å². The summed E-state index contributed by atoms with van der Waals surface area (Å²) in [6.07, 6.45) is 2.33. The molecule has 0 aliphatic carbocycles. The van der Waals surface area contributed by atoms with Crippen LogP contribution in [0.15, 0.2) is 24.3 Å². The molecule has 2 fully saturated rings. The monoisotopic (exact) mass is 336 g/mol. The molecule has 1 aromatic rings. The van der Waals surface area contributed by atoms with E-state index in [-0.39, 0.29) is 11.9 Å². The van der Waals surface area contributed by atoms with Crippen LogP contribution in [0.2, 0.25) is 0 Å². The SMILES string of the molecule is O=C(NS(=O)(=O)C1CCOc2ccccc21)C1C2CCN1CC2. The van der Waals surface area contributed by atoms with Crippen LogP contribution in [0.4, 0.5) is 0 Å². The highest BCUT2D eigenvalue weighted by Crippen LogP contribution is 2.38. The predicted octanol–water partition coefficient (Wildman–Crippen LogP) is 1.05. The number of para-hydroxylation sites is 1. The van der Waals surface area contributed by atoms with Crippen LogP contribution in [0, 0.1) is 5.92 Å². The summed E-state index contributed by atoms with van der Waals surface area (Å²) in [5.74, 6) is 0.521. The summed E-state index contributed by atoms with van der Waals surface area (Å²) >= 11 is 0. The van der Waals surface area contributed by atoms with E-state index in [0.29, 0.717) is 30.3 Å². The molecule has 0 radical (unpaired) electrons. The molecule has 4 rings (SSSR count). The van der Waals surface area contributed by atoms with Gasteiger partial charge in [0.1, 0.15) is 11.0 Å². The molecular weight excluding hydrogens is 316 g/mol. The standard InChI is InChI=1S/C16H20N2O4S/c19-16(15-11-5-8-18(15)9-6-11)17-23(20,21)14-7-10-22-13-4-2-1-3-12(13)14/h1-4,11,14-15H,5-10H2,(H,17,19). The van der Waals surface area contributed by atoms with Gasteiger partial charge in [-0.2, -0.15) is 0 Å². The number of carbonyl (C=O) groups excluding carboxylic acids is 1. The van der Waals surface area contributed by atoms with Gasteiger partial charge in [0, 0.05) is 12.0 Å². The van der Waals surface area contributed by atoms with E-state index in [4.69, 9.17) is 4.74 Å². The Kier molecular flexibility index (Phi) is 3.57. The molecule has 0 saturated carbocycles. The molecular formula is C16H20N2O4S. The van der Waals surface area contributed by atoms with Crippen molar-refractivity contribution in [3.63, 3.8) is 0 Å². The van der Waals surface area contributed by atoms with Crippen molar-refractivity contribution in [3.05, 3.63) is 29.8 Å². The number of sulfonamides is 1. The first-order valence-electron chi connectivity index (χ1n) is 8.07. The largest absolute Gasteiger partial charge is 0.493 e. The van der Waals surface area contributed by atoms with Gasteiger partial charge in [-0.25, -0.2) is 8.42 Å². The molecule has 124 valence electrons. The number of carbonyl (C=O) groups is 1. The van der Waals surface area contributed by atoms with Crippen molar-refractivity contribution < 1.29 is 17.9 Å². The molecule has 2 unspecified atom stereocenters. The van der Waals surface area contributed by atoms with Crippen molar-refractivity contribution in [2.45, 2.75) is 30.6 Å². The Bertz CT molecular complexity index is 713. The van der Waals surface area contributed by atoms with Gasteiger partial charge in [0.2, 0.25) is 10.0 Å². The number of fused-ring (bicyclic) bond motifs is 3. The van der Waals surface area contributed by atoms with Gasteiger partial charge in [0.05, 0.1) is 12.6 Å². The van der Waals surface area contributed by atoms with Gasteiger partial charge in [-0.15, -0.1) is 0 Å². The van der Waals surface area contributed by atoms with Crippen molar-refractivity contribution in [3.8, 4) is 5.75 Å². The lowest BCUT2D eigenvalue weighted by atomic mass is 9.99. The third-order valence-electron chi connectivity index (χ3n) is 5.20. The molecule has 1 aromatic carbocycles. The van der Waals surface area contributed by atoms with Crippen LogP contribution < -0.4 is 9.46 Å². The fraction of sp³-hybridized carbons (Fsp3) is 0.562. The first kappa shape index (κ1) is 15.0. The molecule has 6 nitrogen and oxygen atoms in total. The molecule has 0 spiro atoms. The van der Waals surface area contributed by atoms with Gasteiger partial charge in [0.15, 0.2) is 0 Å². The third kappa shape index (κ3) is 2.52. The van der Waals surface area contributed by atoms with E-state index in [1.54, 1.807) is 18.2 Å². The van der Waals surface area contributed by atoms with Gasteiger partial charge in [-0.1, -0.05) is 18.2 Å². The zero-order valence-corrected chi connectivity index (χ0v) is 13.6. The molecule has 23 heavy (non-hydrogen) atoms. The van der Waals surface area contributed by atoms with Gasteiger partial charge < -0.3 is 4.74 Å². The lowest BCUT2D eigenvalue weighted by Crippen LogP contribution is -2.46. The lowest BCUT2D eigenvalue weighted by molar-refractivity contribution is -0.123. The van der Waals surface area contributed by atoms with Crippen molar-refractivity contribution in [2.75, 3.05) is 19.7 Å². The maximum atomic E-state index is 12.7. The van der Waals surface area contributed by atoms with Crippen LogP contribution in [0.25, 0.3) is 0 Å². The summed E-state index contributed by atoms with van der Waals surface area (Å²) in [5.41, 5.74) is 0.633. The van der Waals surface area contributed by atoms with Crippen molar-refractivity contribution in [1.29, 1.82) is 0 Å². The van der Waals surface area contributed by atoms with Gasteiger partial charge in [-0.3, -0.25) is 14.4 Å². The number of amides is 1. The Hall–Kier alpha value is -1.60. The average Bonchev–Trinajstić information content (AvgIpc) is 3.14. The molecule has 3 aliphatic rings. The van der Waals surface area contributed by atoms with E-state index in [1.807, 2.05) is 6.07 Å². The highest BCUT2D eigenvalue weighted by Gasteiger charge is 2.45. The number of nitrogens with one attached hydrogen (secondary N) is 1. The number of ether oxygens (including phenoxy) is 1. The summed E-state index contributed by atoms with van der Waals surface area (Å²) in [7, 11) is -3.76. The van der Waals surface area contributed by atoms with Gasteiger partial charge >= 0.3 is 0 Å². The molecule has 1 N–H and O–H groups in total. The molecule has 3 heterocycles. The maximum absolute atomic E-state index is 12.7. The minimum atomic E-state index is -3.76. The summed E-state index contributed by atoms with van der Waals surface area (Å²) in [6, 6.07) is 6.85. The Morgan fingerprint density at radius 1 is 1.17 bits per heavy atom. The number of piperidine rings is 1. The predicted molar refractivity (Wildman–Crippen MR) is 84.4 cm³/mol. The fourth-order valence-corrected chi connectivity index (χ4v) is 5.57. The Morgan fingerprint density at radius 3 is 2.61 bits per heavy atom. The molecule has 2 bridgehead atoms. The molecule has 7 heteroatoms. The number of hydrogen-bond acceptors (Lipinski definition) is 5. The van der Waals surface area contributed by atoms with E-state index < -0.39 is 15.3 Å². The zero-order chi connectivity index (χ0) is 16.0. The topological polar surface area (TPSA) is 75.7 Å². The van der Waals surface area contributed by atoms with Crippen molar-refractivity contribution in [1.82, 2.24) is 9.62 Å². The number of nitrogens with zero attached hydrogens (tertiary/aromatic N) is 1. The van der Waals surface area contributed by atoms with Crippen LogP contribution in [0.1, 0.15) is 30.1 Å². The molecule has 0 aromatic heterocycles. The molecule has 2 saturated heterocycles. The highest BCUT2D eigenvalue weighted by atomic mass is 32.2. The fourth-order valence-electron chi connectivity index (χ4n) is 4.09. The van der Waals surface area contributed by atoms with Gasteiger partial charge in [-0.05, 0) is 37.9 Å². The first-order valence-corrected chi connectivity index (χ1v) is 9.62. The molecule has 2 atom stereocenters. The first-order chi connectivity index (χ1) is 11.1. The van der Waals surface area contributed by atoms with E-state index in [1.165, 1.54) is 0 Å². The van der Waals surface area contributed by atoms with Crippen molar-refractivity contribution in [2.24, 2.45) is 5.92 Å². The van der Waals surface area contributed by atoms with Crippen LogP contribution in [-0.2, 0) is 14.8 Å². The lowest BCUT2D eigenvalue weighted by Gasteiger charge is -2.27. The second-order valence-electron chi connectivity index (χ2n) is 6.49. The number of hydrogen-bond donors (Lipinski definition) is 1. The maximum Gasteiger partial charge on any atom is 0.251 e. The molecule has 3 aliphatic heterocycles. The van der Waals surface area contributed by atoms with E-state index in [9.17, 15) is 13.2 Å². The van der Waals surface area contributed by atoms with Crippen molar-refractivity contribution >= 4 is 15.9 Å². The number of rotatable bonds is 3. The second-order valence-corrected chi connectivity index (χ2v) is 8.36. The molecule has 1 amide bonds. The van der Waals surface area contributed by atoms with Crippen LogP contribution in [0.3, 0.4) is 0 Å². The van der Waals surface area contributed by atoms with E-state index in [0.717, 1.165) is 25.9 Å². The Balaban J connectivity index is 1.56. The zero-order valence-electron chi connectivity index (χ0n) is 12.8. The van der Waals surface area contributed by atoms with Crippen LogP contribution >= 0.6 is 0 Å².